The second kappa shape index (κ2) is 6.69. The average molecular weight is 266 g/mol. The minimum absolute atomic E-state index is 0.208. The molecule has 0 unspecified atom stereocenters. The third-order valence-electron chi connectivity index (χ3n) is 3.28. The lowest BCUT2D eigenvalue weighted by molar-refractivity contribution is 0.412. The number of hydrogen-bond acceptors (Lipinski definition) is 1. The summed E-state index contributed by atoms with van der Waals surface area (Å²) in [6.45, 7) is 0.566. The summed E-state index contributed by atoms with van der Waals surface area (Å²) in [6, 6.07) is 7.08. The fourth-order valence-corrected chi connectivity index (χ4v) is 2.55. The van der Waals surface area contributed by atoms with Gasteiger partial charge in [-0.2, -0.15) is 0 Å². The largest absolute Gasteiger partial charge is 0.360 e. The van der Waals surface area contributed by atoms with Crippen molar-refractivity contribution in [1.29, 1.82) is 0 Å². The van der Waals surface area contributed by atoms with E-state index in [0.717, 1.165) is 5.56 Å². The highest BCUT2D eigenvalue weighted by Crippen LogP contribution is 2.17. The number of nitrogens with one attached hydrogen (secondary N) is 2. The normalized spacial score (nSPS) is 16.3. The first-order chi connectivity index (χ1) is 8.74. The van der Waals surface area contributed by atoms with Crippen LogP contribution >= 0.6 is 12.2 Å². The van der Waals surface area contributed by atoms with Crippen molar-refractivity contribution in [1.82, 2.24) is 10.6 Å². The van der Waals surface area contributed by atoms with E-state index in [4.69, 9.17) is 12.2 Å². The third-order valence-corrected chi connectivity index (χ3v) is 3.54. The first-order valence-corrected chi connectivity index (χ1v) is 6.94. The van der Waals surface area contributed by atoms with Gasteiger partial charge in [0.25, 0.3) is 0 Å². The fraction of sp³-hybridized carbons (Fsp3) is 0.500. The Hall–Kier alpha value is -1.16. The molecule has 98 valence electrons. The SMILES string of the molecule is Fc1cccc(CNC(=S)NC2CCCCC2)c1. The lowest BCUT2D eigenvalue weighted by Crippen LogP contribution is -2.42. The summed E-state index contributed by atoms with van der Waals surface area (Å²) < 4.78 is 13.0. The quantitative estimate of drug-likeness (QED) is 0.822. The number of rotatable bonds is 3. The zero-order valence-electron chi connectivity index (χ0n) is 10.4. The predicted molar refractivity (Wildman–Crippen MR) is 75.8 cm³/mol. The summed E-state index contributed by atoms with van der Waals surface area (Å²) in [5, 5.41) is 7.13. The Bertz CT molecular complexity index is 403. The number of thiocarbonyl (C=S) groups is 1. The van der Waals surface area contributed by atoms with Crippen molar-refractivity contribution in [3.63, 3.8) is 0 Å². The molecule has 1 saturated carbocycles. The van der Waals surface area contributed by atoms with E-state index in [1.807, 2.05) is 6.07 Å². The Labute approximate surface area is 113 Å². The van der Waals surface area contributed by atoms with E-state index in [1.165, 1.54) is 44.2 Å². The molecular weight excluding hydrogens is 247 g/mol. The lowest BCUT2D eigenvalue weighted by atomic mass is 9.96. The van der Waals surface area contributed by atoms with E-state index in [-0.39, 0.29) is 5.82 Å². The first kappa shape index (κ1) is 13.3. The van der Waals surface area contributed by atoms with Crippen LogP contribution in [0.15, 0.2) is 24.3 Å². The monoisotopic (exact) mass is 266 g/mol. The predicted octanol–water partition coefficient (Wildman–Crippen LogP) is 3.12. The molecule has 1 fully saturated rings. The number of benzene rings is 1. The lowest BCUT2D eigenvalue weighted by Gasteiger charge is -2.24. The Morgan fingerprint density at radius 3 is 2.78 bits per heavy atom. The molecular formula is C14H19FN2S. The Balaban J connectivity index is 1.74. The summed E-state index contributed by atoms with van der Waals surface area (Å²) >= 11 is 5.25. The molecule has 2 nitrogen and oxygen atoms in total. The fourth-order valence-electron chi connectivity index (χ4n) is 2.31. The zero-order chi connectivity index (χ0) is 12.8. The van der Waals surface area contributed by atoms with Gasteiger partial charge in [0, 0.05) is 12.6 Å². The first-order valence-electron chi connectivity index (χ1n) is 6.53. The van der Waals surface area contributed by atoms with Crippen LogP contribution in [0.2, 0.25) is 0 Å². The van der Waals surface area contributed by atoms with E-state index in [9.17, 15) is 4.39 Å². The summed E-state index contributed by atoms with van der Waals surface area (Å²) in [5.74, 6) is -0.208. The smallest absolute Gasteiger partial charge is 0.166 e. The van der Waals surface area contributed by atoms with Gasteiger partial charge < -0.3 is 10.6 Å². The van der Waals surface area contributed by atoms with Gasteiger partial charge in [0.1, 0.15) is 5.82 Å². The highest BCUT2D eigenvalue weighted by Gasteiger charge is 2.13. The Kier molecular flexibility index (Phi) is 4.93. The molecule has 0 radical (unpaired) electrons. The van der Waals surface area contributed by atoms with Gasteiger partial charge in [-0.05, 0) is 42.8 Å². The van der Waals surface area contributed by atoms with Gasteiger partial charge >= 0.3 is 0 Å². The minimum atomic E-state index is -0.208. The Morgan fingerprint density at radius 1 is 1.28 bits per heavy atom. The maximum absolute atomic E-state index is 13.0. The molecule has 0 aromatic heterocycles. The van der Waals surface area contributed by atoms with Crippen molar-refractivity contribution < 1.29 is 4.39 Å². The zero-order valence-corrected chi connectivity index (χ0v) is 11.2. The van der Waals surface area contributed by atoms with Crippen LogP contribution in [0, 0.1) is 5.82 Å². The molecule has 0 heterocycles. The molecule has 1 aliphatic carbocycles. The molecule has 0 amide bonds. The van der Waals surface area contributed by atoms with E-state index in [0.29, 0.717) is 17.7 Å². The van der Waals surface area contributed by atoms with Crippen LogP contribution in [-0.4, -0.2) is 11.2 Å². The molecule has 0 saturated heterocycles. The molecule has 1 aromatic carbocycles. The van der Waals surface area contributed by atoms with Crippen LogP contribution in [0.3, 0.4) is 0 Å². The summed E-state index contributed by atoms with van der Waals surface area (Å²) in [7, 11) is 0. The maximum atomic E-state index is 13.0. The molecule has 18 heavy (non-hydrogen) atoms. The van der Waals surface area contributed by atoms with Gasteiger partial charge in [0.2, 0.25) is 0 Å². The van der Waals surface area contributed by atoms with Gasteiger partial charge in [-0.15, -0.1) is 0 Å². The van der Waals surface area contributed by atoms with Gasteiger partial charge in [0.15, 0.2) is 5.11 Å². The van der Waals surface area contributed by atoms with Crippen molar-refractivity contribution in [3.05, 3.63) is 35.6 Å². The minimum Gasteiger partial charge on any atom is -0.360 e. The van der Waals surface area contributed by atoms with Gasteiger partial charge in [-0.1, -0.05) is 31.4 Å². The summed E-state index contributed by atoms with van der Waals surface area (Å²) in [4.78, 5) is 0. The van der Waals surface area contributed by atoms with E-state index >= 15 is 0 Å². The molecule has 2 N–H and O–H groups in total. The Morgan fingerprint density at radius 2 is 2.06 bits per heavy atom. The second-order valence-electron chi connectivity index (χ2n) is 4.79. The maximum Gasteiger partial charge on any atom is 0.166 e. The van der Waals surface area contributed by atoms with Crippen molar-refractivity contribution in [2.24, 2.45) is 0 Å². The van der Waals surface area contributed by atoms with Gasteiger partial charge in [-0.3, -0.25) is 0 Å². The van der Waals surface area contributed by atoms with Crippen LogP contribution in [-0.2, 0) is 6.54 Å². The van der Waals surface area contributed by atoms with Crippen molar-refractivity contribution >= 4 is 17.3 Å². The molecule has 4 heteroatoms. The highest BCUT2D eigenvalue weighted by molar-refractivity contribution is 7.80. The van der Waals surface area contributed by atoms with E-state index < -0.39 is 0 Å². The van der Waals surface area contributed by atoms with Gasteiger partial charge in [-0.25, -0.2) is 4.39 Å². The highest BCUT2D eigenvalue weighted by atomic mass is 32.1. The topological polar surface area (TPSA) is 24.1 Å². The van der Waals surface area contributed by atoms with E-state index in [1.54, 1.807) is 6.07 Å². The van der Waals surface area contributed by atoms with E-state index in [2.05, 4.69) is 10.6 Å². The molecule has 0 atom stereocenters. The molecule has 0 spiro atoms. The number of hydrogen-bond donors (Lipinski definition) is 2. The van der Waals surface area contributed by atoms with Crippen LogP contribution in [0.4, 0.5) is 4.39 Å². The molecule has 2 rings (SSSR count). The molecule has 0 aliphatic heterocycles. The van der Waals surface area contributed by atoms with Crippen LogP contribution in [0.1, 0.15) is 37.7 Å². The molecule has 0 bridgehead atoms. The van der Waals surface area contributed by atoms with Crippen molar-refractivity contribution in [2.45, 2.75) is 44.7 Å². The van der Waals surface area contributed by atoms with Crippen molar-refractivity contribution in [2.75, 3.05) is 0 Å². The van der Waals surface area contributed by atoms with Crippen LogP contribution in [0.5, 0.6) is 0 Å². The van der Waals surface area contributed by atoms with Crippen LogP contribution < -0.4 is 10.6 Å². The molecule has 1 aromatic rings. The summed E-state index contributed by atoms with van der Waals surface area (Å²) in [6.07, 6.45) is 6.29. The standard InChI is InChI=1S/C14H19FN2S/c15-12-6-4-5-11(9-12)10-16-14(18)17-13-7-2-1-3-8-13/h4-6,9,13H,1-3,7-8,10H2,(H2,16,17,18). The molecule has 1 aliphatic rings. The number of halogens is 1. The average Bonchev–Trinajstić information content (AvgIpc) is 2.38. The van der Waals surface area contributed by atoms with Gasteiger partial charge in [0.05, 0.1) is 0 Å². The van der Waals surface area contributed by atoms with Crippen molar-refractivity contribution in [3.8, 4) is 0 Å². The van der Waals surface area contributed by atoms with Crippen LogP contribution in [0.25, 0.3) is 0 Å². The second-order valence-corrected chi connectivity index (χ2v) is 5.20. The summed E-state index contributed by atoms with van der Waals surface area (Å²) in [5.41, 5.74) is 0.905. The third kappa shape index (κ3) is 4.26.